The van der Waals surface area contributed by atoms with Gasteiger partial charge >= 0.3 is 0 Å². The van der Waals surface area contributed by atoms with E-state index >= 15 is 0 Å². The van der Waals surface area contributed by atoms with Gasteiger partial charge in [-0.05, 0) is 19.8 Å². The summed E-state index contributed by atoms with van der Waals surface area (Å²) in [7, 11) is 0. The maximum atomic E-state index is 10.6. The van der Waals surface area contributed by atoms with E-state index in [-0.39, 0.29) is 5.78 Å². The maximum absolute atomic E-state index is 10.6. The minimum absolute atomic E-state index is 0.171. The molecule has 0 aliphatic rings. The summed E-state index contributed by atoms with van der Waals surface area (Å²) in [5.74, 6) is -0.171. The number of ketones is 1. The average Bonchev–Trinajstić information content (AvgIpc) is 2.10. The fraction of sp³-hybridized carbons (Fsp3) is 0.364. The standard InChI is InChI=1S/C11H16O2/c1-3-4-5-6-7-8-9-11(13)10(2)12/h3-7,11,13H,1,8-9H2,2H3/b5-4-,7-6-. The zero-order chi connectivity index (χ0) is 10.1. The number of aliphatic hydroxyl groups is 1. The highest BCUT2D eigenvalue weighted by atomic mass is 16.3. The molecule has 1 unspecified atom stereocenters. The quantitative estimate of drug-likeness (QED) is 0.635. The third kappa shape index (κ3) is 7.22. The lowest BCUT2D eigenvalue weighted by atomic mass is 10.1. The molecule has 0 spiro atoms. The monoisotopic (exact) mass is 180 g/mol. The lowest BCUT2D eigenvalue weighted by Crippen LogP contribution is -2.15. The molecule has 0 radical (unpaired) electrons. The Morgan fingerprint density at radius 1 is 1.46 bits per heavy atom. The first-order valence-electron chi connectivity index (χ1n) is 4.31. The number of carbonyl (C=O) groups excluding carboxylic acids is 1. The summed E-state index contributed by atoms with van der Waals surface area (Å²) in [5.41, 5.74) is 0. The lowest BCUT2D eigenvalue weighted by molar-refractivity contribution is -0.125. The summed E-state index contributed by atoms with van der Waals surface area (Å²) in [6.45, 7) is 4.92. The molecular weight excluding hydrogens is 164 g/mol. The number of Topliss-reactive ketones (excluding diaryl/α,β-unsaturated/α-hetero) is 1. The van der Waals surface area contributed by atoms with Gasteiger partial charge in [0.1, 0.15) is 6.10 Å². The van der Waals surface area contributed by atoms with Crippen LogP contribution in [-0.4, -0.2) is 17.0 Å². The van der Waals surface area contributed by atoms with Crippen molar-refractivity contribution >= 4 is 5.78 Å². The van der Waals surface area contributed by atoms with Gasteiger partial charge in [-0.25, -0.2) is 0 Å². The van der Waals surface area contributed by atoms with Gasteiger partial charge in [0.25, 0.3) is 0 Å². The van der Waals surface area contributed by atoms with Crippen molar-refractivity contribution in [2.45, 2.75) is 25.9 Å². The Hall–Kier alpha value is -1.15. The summed E-state index contributed by atoms with van der Waals surface area (Å²) >= 11 is 0. The SMILES string of the molecule is C=C/C=C\C=C/CCC(O)C(C)=O. The first-order valence-corrected chi connectivity index (χ1v) is 4.31. The summed E-state index contributed by atoms with van der Waals surface area (Å²) in [6.07, 6.45) is 9.53. The second-order valence-corrected chi connectivity index (χ2v) is 2.75. The Morgan fingerprint density at radius 2 is 2.15 bits per heavy atom. The van der Waals surface area contributed by atoms with Crippen molar-refractivity contribution in [3.8, 4) is 0 Å². The van der Waals surface area contributed by atoms with Crippen LogP contribution in [0.15, 0.2) is 37.0 Å². The van der Waals surface area contributed by atoms with Crippen LogP contribution in [0.4, 0.5) is 0 Å². The van der Waals surface area contributed by atoms with Crippen LogP contribution in [-0.2, 0) is 4.79 Å². The molecule has 72 valence electrons. The number of hydrogen-bond donors (Lipinski definition) is 1. The number of carbonyl (C=O) groups is 1. The Kier molecular flexibility index (Phi) is 6.83. The highest BCUT2D eigenvalue weighted by molar-refractivity contribution is 5.80. The van der Waals surface area contributed by atoms with Gasteiger partial charge in [-0.2, -0.15) is 0 Å². The molecule has 2 heteroatoms. The molecule has 0 aliphatic carbocycles. The van der Waals surface area contributed by atoms with E-state index < -0.39 is 6.10 Å². The predicted molar refractivity (Wildman–Crippen MR) is 54.4 cm³/mol. The van der Waals surface area contributed by atoms with Crippen LogP contribution in [0.5, 0.6) is 0 Å². The third-order valence-corrected chi connectivity index (χ3v) is 1.57. The van der Waals surface area contributed by atoms with Crippen molar-refractivity contribution in [1.29, 1.82) is 0 Å². The molecule has 2 nitrogen and oxygen atoms in total. The summed E-state index contributed by atoms with van der Waals surface area (Å²) in [6, 6.07) is 0. The van der Waals surface area contributed by atoms with Crippen LogP contribution in [0.25, 0.3) is 0 Å². The Balaban J connectivity index is 3.55. The van der Waals surface area contributed by atoms with E-state index in [2.05, 4.69) is 6.58 Å². The van der Waals surface area contributed by atoms with E-state index in [1.807, 2.05) is 24.3 Å². The number of allylic oxidation sites excluding steroid dienone is 5. The van der Waals surface area contributed by atoms with Gasteiger partial charge in [0.2, 0.25) is 0 Å². The lowest BCUT2D eigenvalue weighted by Gasteiger charge is -2.02. The summed E-state index contributed by atoms with van der Waals surface area (Å²) in [4.78, 5) is 10.6. The van der Waals surface area contributed by atoms with Crippen LogP contribution in [0.2, 0.25) is 0 Å². The van der Waals surface area contributed by atoms with Crippen LogP contribution in [0.3, 0.4) is 0 Å². The second kappa shape index (κ2) is 7.50. The van der Waals surface area contributed by atoms with E-state index in [9.17, 15) is 4.79 Å². The number of hydrogen-bond acceptors (Lipinski definition) is 2. The fourth-order valence-electron chi connectivity index (χ4n) is 0.775. The normalized spacial score (nSPS) is 13.7. The molecule has 0 aromatic rings. The minimum atomic E-state index is -0.812. The molecule has 1 N–H and O–H groups in total. The van der Waals surface area contributed by atoms with E-state index in [1.54, 1.807) is 6.08 Å². The van der Waals surface area contributed by atoms with E-state index in [0.717, 1.165) is 0 Å². The minimum Gasteiger partial charge on any atom is -0.385 e. The molecular formula is C11H16O2. The van der Waals surface area contributed by atoms with Crippen LogP contribution in [0, 0.1) is 0 Å². The van der Waals surface area contributed by atoms with E-state index in [1.165, 1.54) is 6.92 Å². The molecule has 0 bridgehead atoms. The zero-order valence-corrected chi connectivity index (χ0v) is 7.94. The first kappa shape index (κ1) is 11.8. The topological polar surface area (TPSA) is 37.3 Å². The smallest absolute Gasteiger partial charge is 0.158 e. The van der Waals surface area contributed by atoms with Gasteiger partial charge in [0.05, 0.1) is 0 Å². The van der Waals surface area contributed by atoms with Gasteiger partial charge in [0.15, 0.2) is 5.78 Å². The second-order valence-electron chi connectivity index (χ2n) is 2.75. The first-order chi connectivity index (χ1) is 6.18. The largest absolute Gasteiger partial charge is 0.385 e. The van der Waals surface area contributed by atoms with Gasteiger partial charge in [-0.1, -0.05) is 37.0 Å². The Labute approximate surface area is 79.3 Å². The van der Waals surface area contributed by atoms with Crippen molar-refractivity contribution in [2.24, 2.45) is 0 Å². The fourth-order valence-corrected chi connectivity index (χ4v) is 0.775. The Bertz CT molecular complexity index is 214. The van der Waals surface area contributed by atoms with Crippen molar-refractivity contribution < 1.29 is 9.90 Å². The molecule has 0 saturated carbocycles. The van der Waals surface area contributed by atoms with Crippen LogP contribution >= 0.6 is 0 Å². The van der Waals surface area contributed by atoms with Gasteiger partial charge in [-0.15, -0.1) is 0 Å². The van der Waals surface area contributed by atoms with Gasteiger partial charge in [-0.3, -0.25) is 4.79 Å². The van der Waals surface area contributed by atoms with Crippen molar-refractivity contribution in [3.63, 3.8) is 0 Å². The zero-order valence-electron chi connectivity index (χ0n) is 7.94. The molecule has 0 rings (SSSR count). The highest BCUT2D eigenvalue weighted by Gasteiger charge is 2.06. The van der Waals surface area contributed by atoms with Crippen molar-refractivity contribution in [3.05, 3.63) is 37.0 Å². The van der Waals surface area contributed by atoms with Crippen molar-refractivity contribution in [1.82, 2.24) is 0 Å². The Morgan fingerprint density at radius 3 is 2.69 bits per heavy atom. The van der Waals surface area contributed by atoms with Crippen molar-refractivity contribution in [2.75, 3.05) is 0 Å². The maximum Gasteiger partial charge on any atom is 0.158 e. The summed E-state index contributed by atoms with van der Waals surface area (Å²) < 4.78 is 0. The molecule has 0 amide bonds. The van der Waals surface area contributed by atoms with Gasteiger partial charge < -0.3 is 5.11 Å². The predicted octanol–water partition coefficient (Wildman–Crippen LogP) is 2.01. The highest BCUT2D eigenvalue weighted by Crippen LogP contribution is 1.99. The van der Waals surface area contributed by atoms with E-state index in [4.69, 9.17) is 5.11 Å². The molecule has 0 heterocycles. The molecule has 0 saturated heterocycles. The summed E-state index contributed by atoms with van der Waals surface area (Å²) in [5, 5.41) is 9.11. The third-order valence-electron chi connectivity index (χ3n) is 1.57. The molecule has 0 aromatic carbocycles. The van der Waals surface area contributed by atoms with Crippen LogP contribution in [0.1, 0.15) is 19.8 Å². The van der Waals surface area contributed by atoms with Crippen LogP contribution < -0.4 is 0 Å². The average molecular weight is 180 g/mol. The van der Waals surface area contributed by atoms with Gasteiger partial charge in [0, 0.05) is 0 Å². The molecule has 13 heavy (non-hydrogen) atoms. The molecule has 0 fully saturated rings. The van der Waals surface area contributed by atoms with E-state index in [0.29, 0.717) is 12.8 Å². The number of rotatable bonds is 6. The molecule has 1 atom stereocenters. The number of aliphatic hydroxyl groups excluding tert-OH is 1. The molecule has 0 aromatic heterocycles. The molecule has 0 aliphatic heterocycles.